The van der Waals surface area contributed by atoms with Gasteiger partial charge in [0.1, 0.15) is 11.4 Å². The summed E-state index contributed by atoms with van der Waals surface area (Å²) in [5.74, 6) is -1.00. The highest BCUT2D eigenvalue weighted by molar-refractivity contribution is 6.31. The lowest BCUT2D eigenvalue weighted by atomic mass is 10.1. The Morgan fingerprint density at radius 1 is 1.27 bits per heavy atom. The van der Waals surface area contributed by atoms with Crippen molar-refractivity contribution in [3.63, 3.8) is 0 Å². The lowest BCUT2D eigenvalue weighted by Crippen LogP contribution is -2.27. The van der Waals surface area contributed by atoms with Crippen molar-refractivity contribution in [1.29, 1.82) is 0 Å². The summed E-state index contributed by atoms with van der Waals surface area (Å²) >= 11 is 5.79. The molecule has 0 fully saturated rings. The molecule has 0 bridgehead atoms. The van der Waals surface area contributed by atoms with Crippen molar-refractivity contribution in [2.45, 2.75) is 13.0 Å². The zero-order chi connectivity index (χ0) is 16.3. The summed E-state index contributed by atoms with van der Waals surface area (Å²) in [6.07, 6.45) is 0. The third-order valence-electron chi connectivity index (χ3n) is 3.12. The third-order valence-corrected chi connectivity index (χ3v) is 3.35. The normalized spacial score (nSPS) is 11.8. The van der Waals surface area contributed by atoms with E-state index in [4.69, 9.17) is 11.6 Å². The molecular weight excluding hydrogens is 311 g/mol. The van der Waals surface area contributed by atoms with Crippen molar-refractivity contribution in [1.82, 2.24) is 5.32 Å². The molecule has 0 aliphatic rings. The molecule has 22 heavy (non-hydrogen) atoms. The highest BCUT2D eigenvalue weighted by atomic mass is 35.5. The summed E-state index contributed by atoms with van der Waals surface area (Å²) in [6, 6.07) is 8.96. The standard InChI is InChI=1S/C15H12ClFN2O3/c1-9(10-2-5-12(17)6-3-10)18-15(20)13-8-11(16)4-7-14(13)19(21)22/h2-9H,1H3,(H,18,20). The van der Waals surface area contributed by atoms with Crippen LogP contribution in [-0.4, -0.2) is 10.8 Å². The molecule has 0 saturated carbocycles. The lowest BCUT2D eigenvalue weighted by Gasteiger charge is -2.14. The zero-order valence-corrected chi connectivity index (χ0v) is 12.3. The molecule has 2 rings (SSSR count). The fourth-order valence-electron chi connectivity index (χ4n) is 1.96. The van der Waals surface area contributed by atoms with Crippen LogP contribution in [0.25, 0.3) is 0 Å². The van der Waals surface area contributed by atoms with Gasteiger partial charge in [-0.25, -0.2) is 4.39 Å². The molecule has 5 nitrogen and oxygen atoms in total. The first kappa shape index (κ1) is 15.9. The highest BCUT2D eigenvalue weighted by Gasteiger charge is 2.22. The number of carbonyl (C=O) groups is 1. The van der Waals surface area contributed by atoms with Gasteiger partial charge < -0.3 is 5.32 Å². The van der Waals surface area contributed by atoms with Gasteiger partial charge in [0.15, 0.2) is 0 Å². The Morgan fingerprint density at radius 3 is 2.50 bits per heavy atom. The Kier molecular flexibility index (Phi) is 4.72. The molecule has 2 aromatic carbocycles. The Balaban J connectivity index is 2.23. The fraction of sp³-hybridized carbons (Fsp3) is 0.133. The quantitative estimate of drug-likeness (QED) is 0.686. The molecular formula is C15H12ClFN2O3. The number of rotatable bonds is 4. The number of nitrogens with one attached hydrogen (secondary N) is 1. The first-order valence-electron chi connectivity index (χ1n) is 6.38. The van der Waals surface area contributed by atoms with Gasteiger partial charge in [-0.3, -0.25) is 14.9 Å². The van der Waals surface area contributed by atoms with E-state index in [0.29, 0.717) is 5.56 Å². The molecule has 1 unspecified atom stereocenters. The van der Waals surface area contributed by atoms with Gasteiger partial charge in [0.2, 0.25) is 0 Å². The Labute approximate surface area is 130 Å². The molecule has 0 heterocycles. The number of hydrogen-bond donors (Lipinski definition) is 1. The number of benzene rings is 2. The smallest absolute Gasteiger partial charge is 0.282 e. The van der Waals surface area contributed by atoms with E-state index in [1.165, 1.54) is 42.5 Å². The van der Waals surface area contributed by atoms with E-state index < -0.39 is 16.9 Å². The molecule has 1 N–H and O–H groups in total. The van der Waals surface area contributed by atoms with E-state index in [-0.39, 0.29) is 22.1 Å². The van der Waals surface area contributed by atoms with Crippen LogP contribution >= 0.6 is 11.6 Å². The van der Waals surface area contributed by atoms with Crippen LogP contribution in [0.15, 0.2) is 42.5 Å². The molecule has 0 radical (unpaired) electrons. The second kappa shape index (κ2) is 6.53. The first-order chi connectivity index (χ1) is 10.4. The topological polar surface area (TPSA) is 72.2 Å². The molecule has 0 aliphatic carbocycles. The predicted molar refractivity (Wildman–Crippen MR) is 80.4 cm³/mol. The monoisotopic (exact) mass is 322 g/mol. The summed E-state index contributed by atoms with van der Waals surface area (Å²) in [4.78, 5) is 22.6. The largest absolute Gasteiger partial charge is 0.345 e. The van der Waals surface area contributed by atoms with Crippen molar-refractivity contribution >= 4 is 23.2 Å². The van der Waals surface area contributed by atoms with Crippen molar-refractivity contribution in [3.8, 4) is 0 Å². The number of nitrogens with zero attached hydrogens (tertiary/aromatic N) is 1. The molecule has 1 atom stereocenters. The second-order valence-electron chi connectivity index (χ2n) is 4.67. The minimum atomic E-state index is -0.645. The van der Waals surface area contributed by atoms with E-state index in [2.05, 4.69) is 5.32 Å². The van der Waals surface area contributed by atoms with Crippen LogP contribution in [0.5, 0.6) is 0 Å². The summed E-state index contributed by atoms with van der Waals surface area (Å²) < 4.78 is 12.9. The molecule has 0 spiro atoms. The predicted octanol–water partition coefficient (Wildman–Crippen LogP) is 3.88. The van der Waals surface area contributed by atoms with Crippen LogP contribution in [0.1, 0.15) is 28.9 Å². The third kappa shape index (κ3) is 3.59. The van der Waals surface area contributed by atoms with Crippen molar-refractivity contribution in [2.24, 2.45) is 0 Å². The first-order valence-corrected chi connectivity index (χ1v) is 6.76. The summed E-state index contributed by atoms with van der Waals surface area (Å²) in [5.41, 5.74) is 0.235. The van der Waals surface area contributed by atoms with E-state index in [1.807, 2.05) is 0 Å². The van der Waals surface area contributed by atoms with E-state index in [1.54, 1.807) is 6.92 Å². The maximum Gasteiger partial charge on any atom is 0.282 e. The second-order valence-corrected chi connectivity index (χ2v) is 5.10. The molecule has 7 heteroatoms. The summed E-state index contributed by atoms with van der Waals surface area (Å²) in [7, 11) is 0. The zero-order valence-electron chi connectivity index (χ0n) is 11.5. The van der Waals surface area contributed by atoms with Gasteiger partial charge in [0.25, 0.3) is 11.6 Å². The summed E-state index contributed by atoms with van der Waals surface area (Å²) in [5, 5.41) is 13.8. The highest BCUT2D eigenvalue weighted by Crippen LogP contribution is 2.23. The van der Waals surface area contributed by atoms with Crippen LogP contribution < -0.4 is 5.32 Å². The van der Waals surface area contributed by atoms with Crippen molar-refractivity contribution in [2.75, 3.05) is 0 Å². The average molecular weight is 323 g/mol. The number of halogens is 2. The number of hydrogen-bond acceptors (Lipinski definition) is 3. The SMILES string of the molecule is CC(NC(=O)c1cc(Cl)ccc1[N+](=O)[O-])c1ccc(F)cc1. The van der Waals surface area contributed by atoms with E-state index >= 15 is 0 Å². The fourth-order valence-corrected chi connectivity index (χ4v) is 2.13. The molecule has 2 aromatic rings. The molecule has 0 aromatic heterocycles. The van der Waals surface area contributed by atoms with Gasteiger partial charge >= 0.3 is 0 Å². The van der Waals surface area contributed by atoms with Gasteiger partial charge in [0, 0.05) is 11.1 Å². The van der Waals surface area contributed by atoms with Crippen LogP contribution in [0, 0.1) is 15.9 Å². The van der Waals surface area contributed by atoms with E-state index in [0.717, 1.165) is 0 Å². The maximum absolute atomic E-state index is 12.9. The number of carbonyl (C=O) groups excluding carboxylic acids is 1. The number of nitro groups is 1. The van der Waals surface area contributed by atoms with Crippen LogP contribution in [0.3, 0.4) is 0 Å². The molecule has 1 amide bonds. The lowest BCUT2D eigenvalue weighted by molar-refractivity contribution is -0.385. The van der Waals surface area contributed by atoms with Crippen LogP contribution in [0.2, 0.25) is 5.02 Å². The minimum absolute atomic E-state index is 0.119. The van der Waals surface area contributed by atoms with Gasteiger partial charge in [-0.2, -0.15) is 0 Å². The van der Waals surface area contributed by atoms with Crippen LogP contribution in [0.4, 0.5) is 10.1 Å². The average Bonchev–Trinajstić information content (AvgIpc) is 2.47. The maximum atomic E-state index is 12.9. The number of amides is 1. The molecule has 114 valence electrons. The van der Waals surface area contributed by atoms with Gasteiger partial charge in [-0.15, -0.1) is 0 Å². The summed E-state index contributed by atoms with van der Waals surface area (Å²) in [6.45, 7) is 1.70. The van der Waals surface area contributed by atoms with Gasteiger partial charge in [-0.05, 0) is 36.8 Å². The van der Waals surface area contributed by atoms with E-state index in [9.17, 15) is 19.3 Å². The van der Waals surface area contributed by atoms with Crippen molar-refractivity contribution in [3.05, 3.63) is 74.5 Å². The Morgan fingerprint density at radius 2 is 1.91 bits per heavy atom. The van der Waals surface area contributed by atoms with Crippen LogP contribution in [-0.2, 0) is 0 Å². The Bertz CT molecular complexity index is 719. The molecule has 0 aliphatic heterocycles. The Hall–Kier alpha value is -2.47. The number of nitro benzene ring substituents is 1. The minimum Gasteiger partial charge on any atom is -0.345 e. The van der Waals surface area contributed by atoms with Gasteiger partial charge in [-0.1, -0.05) is 23.7 Å². The molecule has 0 saturated heterocycles. The van der Waals surface area contributed by atoms with Gasteiger partial charge in [0.05, 0.1) is 11.0 Å². The van der Waals surface area contributed by atoms with Crippen molar-refractivity contribution < 1.29 is 14.1 Å².